The molecule has 92 valence electrons. The number of carbonyl (C=O) groups is 2. The Bertz CT molecular complexity index is 430. The first-order valence-corrected chi connectivity index (χ1v) is 5.44. The van der Waals surface area contributed by atoms with E-state index in [0.717, 1.165) is 6.42 Å². The van der Waals surface area contributed by atoms with Crippen LogP contribution in [0.25, 0.3) is 0 Å². The van der Waals surface area contributed by atoms with Crippen LogP contribution in [0.1, 0.15) is 30.1 Å². The lowest BCUT2D eigenvalue weighted by atomic mass is 10.1. The maximum absolute atomic E-state index is 11.4. The smallest absolute Gasteiger partial charge is 0.224 e. The third-order valence-corrected chi connectivity index (χ3v) is 2.24. The lowest BCUT2D eigenvalue weighted by Gasteiger charge is -2.07. The summed E-state index contributed by atoms with van der Waals surface area (Å²) in [6.07, 6.45) is 1.17. The Morgan fingerprint density at radius 1 is 1.41 bits per heavy atom. The molecule has 0 bridgehead atoms. The number of anilines is 1. The molecule has 0 aliphatic heterocycles. The van der Waals surface area contributed by atoms with Crippen molar-refractivity contribution in [2.24, 2.45) is 5.73 Å². The zero-order chi connectivity index (χ0) is 12.8. The molecule has 1 aromatic carbocycles. The van der Waals surface area contributed by atoms with Crippen molar-refractivity contribution in [1.29, 1.82) is 0 Å². The number of rotatable bonds is 5. The fourth-order valence-corrected chi connectivity index (χ4v) is 1.40. The summed E-state index contributed by atoms with van der Waals surface area (Å²) in [4.78, 5) is 22.8. The average molecular weight is 236 g/mol. The Labute approximate surface area is 99.6 Å². The molecule has 0 aliphatic carbocycles. The third-order valence-electron chi connectivity index (χ3n) is 2.24. The predicted molar refractivity (Wildman–Crippen MR) is 65.0 cm³/mol. The normalized spacial score (nSPS) is 10.0. The molecular formula is C12H16N2O3. The summed E-state index contributed by atoms with van der Waals surface area (Å²) < 4.78 is 0. The first-order chi connectivity index (χ1) is 8.08. The van der Waals surface area contributed by atoms with Crippen LogP contribution in [-0.2, 0) is 4.79 Å². The highest BCUT2D eigenvalue weighted by atomic mass is 16.3. The monoisotopic (exact) mass is 236 g/mol. The van der Waals surface area contributed by atoms with Gasteiger partial charge in [0.15, 0.2) is 5.78 Å². The SMILES string of the molecule is CCCC(=O)Nc1ccc(O)c(C(=O)CN)c1. The fourth-order valence-electron chi connectivity index (χ4n) is 1.40. The molecule has 0 spiro atoms. The van der Waals surface area contributed by atoms with Crippen molar-refractivity contribution >= 4 is 17.4 Å². The van der Waals surface area contributed by atoms with Crippen LogP contribution < -0.4 is 11.1 Å². The van der Waals surface area contributed by atoms with Crippen molar-refractivity contribution in [3.8, 4) is 5.75 Å². The quantitative estimate of drug-likeness (QED) is 0.530. The number of Topliss-reactive ketones (excluding diaryl/α,β-unsaturated/α-hetero) is 1. The van der Waals surface area contributed by atoms with Crippen LogP contribution in [-0.4, -0.2) is 23.3 Å². The third kappa shape index (κ3) is 3.57. The molecule has 0 radical (unpaired) electrons. The van der Waals surface area contributed by atoms with Crippen LogP contribution in [0, 0.1) is 0 Å². The molecular weight excluding hydrogens is 220 g/mol. The molecule has 1 rings (SSSR count). The van der Waals surface area contributed by atoms with Crippen molar-refractivity contribution < 1.29 is 14.7 Å². The summed E-state index contributed by atoms with van der Waals surface area (Å²) in [6, 6.07) is 4.33. The molecule has 5 heteroatoms. The number of aromatic hydroxyl groups is 1. The largest absolute Gasteiger partial charge is 0.507 e. The number of amides is 1. The minimum Gasteiger partial charge on any atom is -0.507 e. The van der Waals surface area contributed by atoms with E-state index in [-0.39, 0.29) is 29.5 Å². The minimum atomic E-state index is -0.367. The number of phenols is 1. The second kappa shape index (κ2) is 6.00. The first-order valence-electron chi connectivity index (χ1n) is 5.44. The van der Waals surface area contributed by atoms with Crippen LogP contribution in [0.4, 0.5) is 5.69 Å². The van der Waals surface area contributed by atoms with Gasteiger partial charge in [-0.05, 0) is 24.6 Å². The zero-order valence-electron chi connectivity index (χ0n) is 9.69. The van der Waals surface area contributed by atoms with Crippen molar-refractivity contribution in [1.82, 2.24) is 0 Å². The Morgan fingerprint density at radius 2 is 2.12 bits per heavy atom. The second-order valence-corrected chi connectivity index (χ2v) is 3.66. The number of nitrogens with one attached hydrogen (secondary N) is 1. The molecule has 0 aliphatic rings. The zero-order valence-corrected chi connectivity index (χ0v) is 9.69. The molecule has 0 atom stereocenters. The van der Waals surface area contributed by atoms with Gasteiger partial charge in [0.2, 0.25) is 5.91 Å². The Morgan fingerprint density at radius 3 is 2.71 bits per heavy atom. The highest BCUT2D eigenvalue weighted by Gasteiger charge is 2.11. The topological polar surface area (TPSA) is 92.4 Å². The lowest BCUT2D eigenvalue weighted by molar-refractivity contribution is -0.116. The van der Waals surface area contributed by atoms with Crippen molar-refractivity contribution in [3.05, 3.63) is 23.8 Å². The number of nitrogens with two attached hydrogens (primary N) is 1. The van der Waals surface area contributed by atoms with E-state index in [0.29, 0.717) is 12.1 Å². The van der Waals surface area contributed by atoms with Gasteiger partial charge in [-0.2, -0.15) is 0 Å². The molecule has 0 fully saturated rings. The van der Waals surface area contributed by atoms with E-state index < -0.39 is 0 Å². The van der Waals surface area contributed by atoms with E-state index in [1.807, 2.05) is 6.92 Å². The van der Waals surface area contributed by atoms with Gasteiger partial charge in [0, 0.05) is 12.1 Å². The highest BCUT2D eigenvalue weighted by Crippen LogP contribution is 2.21. The summed E-state index contributed by atoms with van der Waals surface area (Å²) in [6.45, 7) is 1.72. The van der Waals surface area contributed by atoms with Gasteiger partial charge < -0.3 is 16.2 Å². The molecule has 1 amide bonds. The van der Waals surface area contributed by atoms with E-state index in [4.69, 9.17) is 5.73 Å². The van der Waals surface area contributed by atoms with Crippen LogP contribution in [0.5, 0.6) is 5.75 Å². The maximum Gasteiger partial charge on any atom is 0.224 e. The van der Waals surface area contributed by atoms with E-state index in [1.54, 1.807) is 0 Å². The van der Waals surface area contributed by atoms with E-state index in [2.05, 4.69) is 5.32 Å². The fraction of sp³-hybridized carbons (Fsp3) is 0.333. The molecule has 0 unspecified atom stereocenters. The number of hydrogen-bond acceptors (Lipinski definition) is 4. The summed E-state index contributed by atoms with van der Waals surface area (Å²) in [7, 11) is 0. The maximum atomic E-state index is 11.4. The second-order valence-electron chi connectivity index (χ2n) is 3.66. The molecule has 5 nitrogen and oxygen atoms in total. The van der Waals surface area contributed by atoms with E-state index in [1.165, 1.54) is 18.2 Å². The standard InChI is InChI=1S/C12H16N2O3/c1-2-3-12(17)14-8-4-5-10(15)9(6-8)11(16)7-13/h4-6,15H,2-3,7,13H2,1H3,(H,14,17). The molecule has 0 saturated carbocycles. The number of phenolic OH excluding ortho intramolecular Hbond substituents is 1. The Hall–Kier alpha value is -1.88. The van der Waals surface area contributed by atoms with Crippen molar-refractivity contribution in [3.63, 3.8) is 0 Å². The lowest BCUT2D eigenvalue weighted by Crippen LogP contribution is -2.15. The van der Waals surface area contributed by atoms with Gasteiger partial charge in [-0.15, -0.1) is 0 Å². The van der Waals surface area contributed by atoms with Gasteiger partial charge in [0.25, 0.3) is 0 Å². The number of hydrogen-bond donors (Lipinski definition) is 3. The Kier molecular flexibility index (Phi) is 4.66. The van der Waals surface area contributed by atoms with Gasteiger partial charge in [0.1, 0.15) is 5.75 Å². The first kappa shape index (κ1) is 13.2. The van der Waals surface area contributed by atoms with Gasteiger partial charge in [-0.25, -0.2) is 0 Å². The van der Waals surface area contributed by atoms with Crippen LogP contribution in [0.3, 0.4) is 0 Å². The highest BCUT2D eigenvalue weighted by molar-refractivity contribution is 6.01. The summed E-state index contributed by atoms with van der Waals surface area (Å²) in [5.74, 6) is -0.618. The number of benzene rings is 1. The van der Waals surface area contributed by atoms with Gasteiger partial charge in [-0.1, -0.05) is 6.92 Å². The van der Waals surface area contributed by atoms with E-state index in [9.17, 15) is 14.7 Å². The van der Waals surface area contributed by atoms with E-state index >= 15 is 0 Å². The molecule has 0 aromatic heterocycles. The van der Waals surface area contributed by atoms with Crippen molar-refractivity contribution in [2.45, 2.75) is 19.8 Å². The minimum absolute atomic E-state index is 0.121. The summed E-state index contributed by atoms with van der Waals surface area (Å²) in [5, 5.41) is 12.1. The van der Waals surface area contributed by atoms with Gasteiger partial charge >= 0.3 is 0 Å². The average Bonchev–Trinajstić information content (AvgIpc) is 2.31. The van der Waals surface area contributed by atoms with Gasteiger partial charge in [0.05, 0.1) is 12.1 Å². The summed E-state index contributed by atoms with van der Waals surface area (Å²) in [5.41, 5.74) is 5.83. The van der Waals surface area contributed by atoms with Crippen LogP contribution >= 0.6 is 0 Å². The van der Waals surface area contributed by atoms with Crippen LogP contribution in [0.15, 0.2) is 18.2 Å². The molecule has 0 heterocycles. The summed E-state index contributed by atoms with van der Waals surface area (Å²) >= 11 is 0. The molecule has 0 saturated heterocycles. The predicted octanol–water partition coefficient (Wildman–Crippen LogP) is 1.27. The number of carbonyl (C=O) groups excluding carboxylic acids is 2. The Balaban J connectivity index is 2.89. The van der Waals surface area contributed by atoms with Gasteiger partial charge in [-0.3, -0.25) is 9.59 Å². The van der Waals surface area contributed by atoms with Crippen LogP contribution in [0.2, 0.25) is 0 Å². The molecule has 4 N–H and O–H groups in total. The number of ketones is 1. The molecule has 1 aromatic rings. The van der Waals surface area contributed by atoms with Crippen molar-refractivity contribution in [2.75, 3.05) is 11.9 Å². The molecule has 17 heavy (non-hydrogen) atoms.